The van der Waals surface area contributed by atoms with Crippen LogP contribution in [0.3, 0.4) is 0 Å². The Morgan fingerprint density at radius 3 is 2.44 bits per heavy atom. The summed E-state index contributed by atoms with van der Waals surface area (Å²) in [5.74, 6) is -0.358. The molecule has 1 aliphatic heterocycles. The number of hydrogen-bond donors (Lipinski definition) is 1. The highest BCUT2D eigenvalue weighted by Crippen LogP contribution is 2.25. The zero-order valence-electron chi connectivity index (χ0n) is 18.3. The van der Waals surface area contributed by atoms with Gasteiger partial charge in [-0.25, -0.2) is 22.5 Å². The van der Waals surface area contributed by atoms with Gasteiger partial charge in [0.05, 0.1) is 28.3 Å². The van der Waals surface area contributed by atoms with Crippen molar-refractivity contribution in [2.24, 2.45) is 0 Å². The van der Waals surface area contributed by atoms with E-state index in [1.54, 1.807) is 35.5 Å². The number of rotatable bonds is 7. The quantitative estimate of drug-likeness (QED) is 0.435. The molecule has 1 atom stereocenters. The normalized spacial score (nSPS) is 15.2. The Hall–Kier alpha value is -3.56. The van der Waals surface area contributed by atoms with Crippen molar-refractivity contribution in [2.45, 2.75) is 30.3 Å². The van der Waals surface area contributed by atoms with E-state index in [0.29, 0.717) is 24.2 Å². The number of benzene rings is 3. The standard InChI is InChI=1S/C25H23FN4O3S/c26-19-9-7-18(8-10-19)23(16-29-17-27-22-4-1-2-5-24(22)29)28-34(32,33)21-13-11-20(12-14-21)30-15-3-6-25(30)31/h1-2,4-5,7-14,17,23,28H,3,6,15-16H2. The molecule has 1 saturated heterocycles. The lowest BCUT2D eigenvalue weighted by Gasteiger charge is -2.21. The molecule has 2 heterocycles. The fourth-order valence-electron chi connectivity index (χ4n) is 4.24. The maximum absolute atomic E-state index is 13.6. The minimum Gasteiger partial charge on any atom is -0.329 e. The summed E-state index contributed by atoms with van der Waals surface area (Å²) in [6, 6.07) is 19.0. The number of carbonyl (C=O) groups is 1. The number of para-hydroxylation sites is 2. The van der Waals surface area contributed by atoms with Gasteiger partial charge < -0.3 is 9.47 Å². The van der Waals surface area contributed by atoms with Gasteiger partial charge in [0, 0.05) is 25.2 Å². The van der Waals surface area contributed by atoms with Crippen LogP contribution in [0.25, 0.3) is 11.0 Å². The first-order valence-corrected chi connectivity index (χ1v) is 12.5. The number of nitrogens with one attached hydrogen (secondary N) is 1. The first-order chi connectivity index (χ1) is 16.4. The SMILES string of the molecule is O=C1CCCN1c1ccc(S(=O)(=O)NC(Cn2cnc3ccccc32)c2ccc(F)cc2)cc1. The topological polar surface area (TPSA) is 84.3 Å². The third kappa shape index (κ3) is 4.44. The Bertz CT molecular complexity index is 1430. The molecule has 1 aromatic heterocycles. The largest absolute Gasteiger partial charge is 0.329 e. The molecule has 0 saturated carbocycles. The molecule has 4 aromatic rings. The molecular formula is C25H23FN4O3S. The molecule has 1 aliphatic rings. The second kappa shape index (κ2) is 9.00. The van der Waals surface area contributed by atoms with E-state index in [-0.39, 0.29) is 17.3 Å². The molecule has 0 aliphatic carbocycles. The summed E-state index contributed by atoms with van der Waals surface area (Å²) in [5, 5.41) is 0. The molecule has 0 spiro atoms. The van der Waals surface area contributed by atoms with Gasteiger partial charge in [0.2, 0.25) is 15.9 Å². The van der Waals surface area contributed by atoms with Crippen molar-refractivity contribution in [1.29, 1.82) is 0 Å². The molecule has 5 rings (SSSR count). The van der Waals surface area contributed by atoms with E-state index in [1.165, 1.54) is 24.3 Å². The zero-order valence-corrected chi connectivity index (χ0v) is 19.1. The van der Waals surface area contributed by atoms with Crippen molar-refractivity contribution in [3.05, 3.63) is 90.5 Å². The predicted octanol–water partition coefficient (Wildman–Crippen LogP) is 4.02. The van der Waals surface area contributed by atoms with Gasteiger partial charge in [-0.1, -0.05) is 24.3 Å². The van der Waals surface area contributed by atoms with Crippen molar-refractivity contribution in [3.8, 4) is 0 Å². The molecule has 1 fully saturated rings. The summed E-state index contributed by atoms with van der Waals surface area (Å²) < 4.78 is 44.7. The number of nitrogens with zero attached hydrogens (tertiary/aromatic N) is 3. The molecule has 174 valence electrons. The first-order valence-electron chi connectivity index (χ1n) is 11.0. The number of sulfonamides is 1. The third-order valence-corrected chi connectivity index (χ3v) is 7.50. The van der Waals surface area contributed by atoms with Crippen molar-refractivity contribution in [1.82, 2.24) is 14.3 Å². The molecule has 0 radical (unpaired) electrons. The fourth-order valence-corrected chi connectivity index (χ4v) is 5.46. The van der Waals surface area contributed by atoms with E-state index in [9.17, 15) is 17.6 Å². The summed E-state index contributed by atoms with van der Waals surface area (Å²) in [5.41, 5.74) is 2.98. The molecular weight excluding hydrogens is 455 g/mol. The van der Waals surface area contributed by atoms with E-state index in [2.05, 4.69) is 9.71 Å². The van der Waals surface area contributed by atoms with Gasteiger partial charge in [0.15, 0.2) is 0 Å². The number of hydrogen-bond acceptors (Lipinski definition) is 4. The van der Waals surface area contributed by atoms with Crippen LogP contribution < -0.4 is 9.62 Å². The van der Waals surface area contributed by atoms with Crippen LogP contribution in [-0.4, -0.2) is 30.4 Å². The second-order valence-electron chi connectivity index (χ2n) is 8.25. The molecule has 7 nitrogen and oxygen atoms in total. The highest BCUT2D eigenvalue weighted by atomic mass is 32.2. The number of fused-ring (bicyclic) bond motifs is 1. The van der Waals surface area contributed by atoms with Crippen molar-refractivity contribution >= 4 is 32.7 Å². The highest BCUT2D eigenvalue weighted by Gasteiger charge is 2.25. The summed E-state index contributed by atoms with van der Waals surface area (Å²) in [4.78, 5) is 18.1. The van der Waals surface area contributed by atoms with Crippen LogP contribution >= 0.6 is 0 Å². The Morgan fingerprint density at radius 1 is 1.00 bits per heavy atom. The van der Waals surface area contributed by atoms with Crippen LogP contribution in [0.4, 0.5) is 10.1 Å². The lowest BCUT2D eigenvalue weighted by atomic mass is 10.1. The van der Waals surface area contributed by atoms with E-state index in [1.807, 2.05) is 28.8 Å². The van der Waals surface area contributed by atoms with Crippen LogP contribution in [0.5, 0.6) is 0 Å². The van der Waals surface area contributed by atoms with E-state index in [0.717, 1.165) is 17.5 Å². The van der Waals surface area contributed by atoms with Crippen LogP contribution in [0, 0.1) is 5.82 Å². The number of anilines is 1. The molecule has 9 heteroatoms. The van der Waals surface area contributed by atoms with Crippen molar-refractivity contribution in [2.75, 3.05) is 11.4 Å². The molecule has 0 bridgehead atoms. The lowest BCUT2D eigenvalue weighted by molar-refractivity contribution is -0.117. The summed E-state index contributed by atoms with van der Waals surface area (Å²) >= 11 is 0. The average molecular weight is 479 g/mol. The Kier molecular flexibility index (Phi) is 5.89. The third-order valence-electron chi connectivity index (χ3n) is 6.01. The van der Waals surface area contributed by atoms with Crippen LogP contribution in [0.2, 0.25) is 0 Å². The molecule has 1 N–H and O–H groups in total. The van der Waals surface area contributed by atoms with Gasteiger partial charge in [-0.05, 0) is 60.5 Å². The van der Waals surface area contributed by atoms with E-state index < -0.39 is 21.9 Å². The minimum atomic E-state index is -3.91. The highest BCUT2D eigenvalue weighted by molar-refractivity contribution is 7.89. The predicted molar refractivity (Wildman–Crippen MR) is 127 cm³/mol. The number of aromatic nitrogens is 2. The Labute approximate surface area is 196 Å². The van der Waals surface area contributed by atoms with Crippen molar-refractivity contribution < 1.29 is 17.6 Å². The maximum Gasteiger partial charge on any atom is 0.241 e. The van der Waals surface area contributed by atoms with Gasteiger partial charge in [-0.2, -0.15) is 0 Å². The molecule has 3 aromatic carbocycles. The van der Waals surface area contributed by atoms with Crippen LogP contribution in [-0.2, 0) is 21.4 Å². The van der Waals surface area contributed by atoms with Crippen molar-refractivity contribution in [3.63, 3.8) is 0 Å². The molecule has 1 amide bonds. The maximum atomic E-state index is 13.6. The summed E-state index contributed by atoms with van der Waals surface area (Å²) in [6.45, 7) is 0.903. The van der Waals surface area contributed by atoms with E-state index >= 15 is 0 Å². The van der Waals surface area contributed by atoms with Gasteiger partial charge in [0.25, 0.3) is 0 Å². The van der Waals surface area contributed by atoms with Gasteiger partial charge >= 0.3 is 0 Å². The second-order valence-corrected chi connectivity index (χ2v) is 9.97. The van der Waals surface area contributed by atoms with Crippen LogP contribution in [0.1, 0.15) is 24.4 Å². The fraction of sp³-hybridized carbons (Fsp3) is 0.200. The number of carbonyl (C=O) groups excluding carboxylic acids is 1. The molecule has 1 unspecified atom stereocenters. The zero-order chi connectivity index (χ0) is 23.7. The summed E-state index contributed by atoms with van der Waals surface area (Å²) in [7, 11) is -3.91. The smallest absolute Gasteiger partial charge is 0.241 e. The summed E-state index contributed by atoms with van der Waals surface area (Å²) in [6.07, 6.45) is 2.96. The van der Waals surface area contributed by atoms with Crippen LogP contribution in [0.15, 0.2) is 84.0 Å². The Morgan fingerprint density at radius 2 is 1.74 bits per heavy atom. The van der Waals surface area contributed by atoms with Gasteiger partial charge in [-0.15, -0.1) is 0 Å². The van der Waals surface area contributed by atoms with Gasteiger partial charge in [0.1, 0.15) is 5.82 Å². The minimum absolute atomic E-state index is 0.0395. The number of halogens is 1. The van der Waals surface area contributed by atoms with Gasteiger partial charge in [-0.3, -0.25) is 4.79 Å². The Balaban J connectivity index is 1.44. The monoisotopic (exact) mass is 478 g/mol. The number of amides is 1. The number of imidazole rings is 1. The first kappa shape index (κ1) is 22.2. The van der Waals surface area contributed by atoms with E-state index in [4.69, 9.17) is 0 Å². The molecule has 34 heavy (non-hydrogen) atoms. The average Bonchev–Trinajstić information content (AvgIpc) is 3.45. The lowest BCUT2D eigenvalue weighted by Crippen LogP contribution is -2.31.